The van der Waals surface area contributed by atoms with Gasteiger partial charge in [-0.15, -0.1) is 0 Å². The summed E-state index contributed by atoms with van der Waals surface area (Å²) in [6.07, 6.45) is 5.33. The van der Waals surface area contributed by atoms with Crippen LogP contribution in [0.1, 0.15) is 55.8 Å². The first-order valence-electron chi connectivity index (χ1n) is 10.6. The summed E-state index contributed by atoms with van der Waals surface area (Å²) in [6, 6.07) is 9.22. The third-order valence-electron chi connectivity index (χ3n) is 7.47. The summed E-state index contributed by atoms with van der Waals surface area (Å²) in [6.45, 7) is 4.45. The van der Waals surface area contributed by atoms with Gasteiger partial charge in [-0.2, -0.15) is 0 Å². The Bertz CT molecular complexity index is 689. The second-order valence-corrected chi connectivity index (χ2v) is 8.86. The van der Waals surface area contributed by atoms with Crippen LogP contribution in [0.3, 0.4) is 0 Å². The Morgan fingerprint density at radius 2 is 1.76 bits per heavy atom. The third kappa shape index (κ3) is 3.83. The second kappa shape index (κ2) is 8.34. The highest BCUT2D eigenvalue weighted by atomic mass is 16.7. The van der Waals surface area contributed by atoms with E-state index in [4.69, 9.17) is 23.7 Å². The van der Waals surface area contributed by atoms with Crippen LogP contribution in [0, 0.1) is 10.8 Å². The number of esters is 1. The van der Waals surface area contributed by atoms with Gasteiger partial charge in [0.25, 0.3) is 0 Å². The van der Waals surface area contributed by atoms with E-state index in [1.807, 2.05) is 18.2 Å². The maximum absolute atomic E-state index is 12.7. The molecule has 1 aliphatic heterocycles. The van der Waals surface area contributed by atoms with Crippen LogP contribution < -0.4 is 0 Å². The molecule has 3 aliphatic rings. The van der Waals surface area contributed by atoms with Crippen molar-refractivity contribution < 1.29 is 28.5 Å². The molecule has 0 N–H and O–H groups in total. The predicted octanol–water partition coefficient (Wildman–Crippen LogP) is 3.94. The van der Waals surface area contributed by atoms with Crippen LogP contribution in [0.2, 0.25) is 0 Å². The summed E-state index contributed by atoms with van der Waals surface area (Å²) in [5.74, 6) is -0.676. The molecule has 160 valence electrons. The number of hydrogen-bond acceptors (Lipinski definition) is 6. The SMILES string of the molecule is COCOCC1([C@@]2(C)CC[C@H]2OC(=O)c2ccccc2)CCC2(CC1)OCCO2. The fourth-order valence-corrected chi connectivity index (χ4v) is 5.36. The molecule has 2 atom stereocenters. The molecule has 3 fully saturated rings. The van der Waals surface area contributed by atoms with Crippen LogP contribution in [0.25, 0.3) is 0 Å². The number of hydrogen-bond donors (Lipinski definition) is 0. The van der Waals surface area contributed by atoms with Crippen molar-refractivity contribution in [3.8, 4) is 0 Å². The van der Waals surface area contributed by atoms with Gasteiger partial charge < -0.3 is 23.7 Å². The van der Waals surface area contributed by atoms with Gasteiger partial charge in [-0.05, 0) is 37.8 Å². The van der Waals surface area contributed by atoms with Crippen LogP contribution in [-0.4, -0.2) is 51.6 Å². The van der Waals surface area contributed by atoms with Gasteiger partial charge in [0, 0.05) is 30.8 Å². The highest BCUT2D eigenvalue weighted by molar-refractivity contribution is 5.89. The summed E-state index contributed by atoms with van der Waals surface area (Å²) in [4.78, 5) is 12.7. The van der Waals surface area contributed by atoms with Gasteiger partial charge in [-0.1, -0.05) is 25.1 Å². The molecular formula is C23H32O6. The van der Waals surface area contributed by atoms with Gasteiger partial charge in [0.15, 0.2) is 5.79 Å². The smallest absolute Gasteiger partial charge is 0.338 e. The minimum atomic E-state index is -0.429. The Balaban J connectivity index is 1.49. The van der Waals surface area contributed by atoms with E-state index in [1.54, 1.807) is 19.2 Å². The van der Waals surface area contributed by atoms with E-state index in [0.717, 1.165) is 38.5 Å². The van der Waals surface area contributed by atoms with Crippen LogP contribution in [0.5, 0.6) is 0 Å². The molecule has 2 aliphatic carbocycles. The lowest BCUT2D eigenvalue weighted by atomic mass is 9.48. The minimum absolute atomic E-state index is 0.0913. The number of rotatable bonds is 7. The zero-order chi connectivity index (χ0) is 20.4. The first kappa shape index (κ1) is 20.8. The fourth-order valence-electron chi connectivity index (χ4n) is 5.36. The van der Waals surface area contributed by atoms with Crippen LogP contribution >= 0.6 is 0 Å². The van der Waals surface area contributed by atoms with Crippen LogP contribution in [0.15, 0.2) is 30.3 Å². The zero-order valence-electron chi connectivity index (χ0n) is 17.5. The van der Waals surface area contributed by atoms with E-state index in [-0.39, 0.29) is 29.7 Å². The molecule has 1 aromatic carbocycles. The average molecular weight is 405 g/mol. The Labute approximate surface area is 172 Å². The number of carbonyl (C=O) groups excluding carboxylic acids is 1. The maximum atomic E-state index is 12.7. The van der Waals surface area contributed by atoms with Gasteiger partial charge in [0.05, 0.1) is 25.4 Å². The molecule has 1 spiro atoms. The molecule has 0 radical (unpaired) electrons. The van der Waals surface area contributed by atoms with Gasteiger partial charge in [-0.3, -0.25) is 0 Å². The standard InChI is InChI=1S/C23H32O6/c1-21(9-8-19(21)29-20(24)18-6-4-3-5-7-18)22(16-26-17-25-2)10-12-23(13-11-22)27-14-15-28-23/h3-7,19H,8-17H2,1-2H3/t19-,21+/m1/s1. The van der Waals surface area contributed by atoms with Gasteiger partial charge in [0.2, 0.25) is 0 Å². The fraction of sp³-hybridized carbons (Fsp3) is 0.696. The lowest BCUT2D eigenvalue weighted by molar-refractivity contribution is -0.241. The van der Waals surface area contributed by atoms with Crippen molar-refractivity contribution in [2.75, 3.05) is 33.7 Å². The monoisotopic (exact) mass is 404 g/mol. The topological polar surface area (TPSA) is 63.2 Å². The van der Waals surface area contributed by atoms with Crippen LogP contribution in [-0.2, 0) is 23.7 Å². The molecule has 1 saturated heterocycles. The first-order valence-corrected chi connectivity index (χ1v) is 10.6. The maximum Gasteiger partial charge on any atom is 0.338 e. The quantitative estimate of drug-likeness (QED) is 0.390. The minimum Gasteiger partial charge on any atom is -0.458 e. The average Bonchev–Trinajstić information content (AvgIpc) is 3.21. The van der Waals surface area contributed by atoms with E-state index < -0.39 is 5.79 Å². The van der Waals surface area contributed by atoms with Crippen molar-refractivity contribution in [1.29, 1.82) is 0 Å². The molecule has 0 unspecified atom stereocenters. The van der Waals surface area contributed by atoms with Crippen LogP contribution in [0.4, 0.5) is 0 Å². The summed E-state index contributed by atoms with van der Waals surface area (Å²) in [5, 5.41) is 0. The molecule has 29 heavy (non-hydrogen) atoms. The molecule has 2 saturated carbocycles. The lowest BCUT2D eigenvalue weighted by Gasteiger charge is -2.60. The molecule has 6 nitrogen and oxygen atoms in total. The Kier molecular flexibility index (Phi) is 5.98. The number of carbonyl (C=O) groups is 1. The van der Waals surface area contributed by atoms with Crippen molar-refractivity contribution in [3.05, 3.63) is 35.9 Å². The van der Waals surface area contributed by atoms with Crippen molar-refractivity contribution in [1.82, 2.24) is 0 Å². The van der Waals surface area contributed by atoms with E-state index in [9.17, 15) is 4.79 Å². The molecule has 4 rings (SSSR count). The zero-order valence-corrected chi connectivity index (χ0v) is 17.5. The van der Waals surface area contributed by atoms with E-state index >= 15 is 0 Å². The van der Waals surface area contributed by atoms with E-state index in [1.165, 1.54) is 0 Å². The molecular weight excluding hydrogens is 372 g/mol. The van der Waals surface area contributed by atoms with E-state index in [2.05, 4.69) is 6.92 Å². The summed E-state index contributed by atoms with van der Waals surface area (Å²) >= 11 is 0. The van der Waals surface area contributed by atoms with E-state index in [0.29, 0.717) is 25.4 Å². The molecule has 6 heteroatoms. The van der Waals surface area contributed by atoms with Crippen molar-refractivity contribution in [3.63, 3.8) is 0 Å². The van der Waals surface area contributed by atoms with Gasteiger partial charge in [0.1, 0.15) is 12.9 Å². The second-order valence-electron chi connectivity index (χ2n) is 8.86. The first-order chi connectivity index (χ1) is 14.0. The molecule has 1 aromatic rings. The molecule has 0 aromatic heterocycles. The number of ether oxygens (including phenoxy) is 5. The predicted molar refractivity (Wildman–Crippen MR) is 106 cm³/mol. The Hall–Kier alpha value is -1.47. The molecule has 1 heterocycles. The Morgan fingerprint density at radius 3 is 2.34 bits per heavy atom. The largest absolute Gasteiger partial charge is 0.458 e. The molecule has 0 bridgehead atoms. The molecule has 0 amide bonds. The van der Waals surface area contributed by atoms with Crippen molar-refractivity contribution in [2.45, 2.75) is 57.3 Å². The van der Waals surface area contributed by atoms with Crippen molar-refractivity contribution >= 4 is 5.97 Å². The number of methoxy groups -OCH3 is 1. The summed E-state index contributed by atoms with van der Waals surface area (Å²) in [5.41, 5.74) is 0.374. The Morgan fingerprint density at radius 1 is 1.07 bits per heavy atom. The highest BCUT2D eigenvalue weighted by Gasteiger charge is 2.61. The highest BCUT2D eigenvalue weighted by Crippen LogP contribution is 2.62. The van der Waals surface area contributed by atoms with Gasteiger partial charge in [-0.25, -0.2) is 4.79 Å². The summed E-state index contributed by atoms with van der Waals surface area (Å²) < 4.78 is 28.9. The van der Waals surface area contributed by atoms with Crippen molar-refractivity contribution in [2.24, 2.45) is 10.8 Å². The normalized spacial score (nSPS) is 30.1. The number of benzene rings is 1. The summed E-state index contributed by atoms with van der Waals surface area (Å²) in [7, 11) is 1.64. The van der Waals surface area contributed by atoms with Gasteiger partial charge >= 0.3 is 5.97 Å². The lowest BCUT2D eigenvalue weighted by Crippen LogP contribution is -2.60. The third-order valence-corrected chi connectivity index (χ3v) is 7.47.